The third kappa shape index (κ3) is 3.64. The number of anilines is 2. The lowest BCUT2D eigenvalue weighted by Crippen LogP contribution is -2.48. The van der Waals surface area contributed by atoms with Crippen molar-refractivity contribution in [2.45, 2.75) is 13.5 Å². The Labute approximate surface area is 157 Å². The zero-order chi connectivity index (χ0) is 18.9. The van der Waals surface area contributed by atoms with Gasteiger partial charge in [-0.2, -0.15) is 0 Å². The number of hydrogen-bond donors (Lipinski definition) is 2. The summed E-state index contributed by atoms with van der Waals surface area (Å²) in [6.07, 6.45) is 1.54. The zero-order valence-electron chi connectivity index (χ0n) is 15.2. The molecule has 7 nitrogen and oxygen atoms in total. The normalized spacial score (nSPS) is 17.5. The lowest BCUT2D eigenvalue weighted by molar-refractivity contribution is -0.117. The van der Waals surface area contributed by atoms with Gasteiger partial charge in [0, 0.05) is 18.2 Å². The smallest absolute Gasteiger partial charge is 0.252 e. The summed E-state index contributed by atoms with van der Waals surface area (Å²) in [5, 5.41) is 5.96. The standard InChI is InChI=1S/C20H22N4O3/c1-20(12-27-13-20)11-23-19(26)15-7-16-18(21-8-15)22-9-17(25)24(16)10-14-5-3-2-4-6-14/h2-8H,9-13H2,1H3,(H,21,22)(H,23,26). The molecule has 0 radical (unpaired) electrons. The summed E-state index contributed by atoms with van der Waals surface area (Å²) in [7, 11) is 0. The van der Waals surface area contributed by atoms with Gasteiger partial charge in [-0.15, -0.1) is 0 Å². The topological polar surface area (TPSA) is 83.6 Å². The van der Waals surface area contributed by atoms with Crippen molar-refractivity contribution in [3.63, 3.8) is 0 Å². The number of rotatable bonds is 5. The number of nitrogens with zero attached hydrogens (tertiary/aromatic N) is 2. The summed E-state index contributed by atoms with van der Waals surface area (Å²) in [6.45, 7) is 4.56. The van der Waals surface area contributed by atoms with Crippen molar-refractivity contribution in [3.05, 3.63) is 53.7 Å². The number of benzene rings is 1. The first kappa shape index (κ1) is 17.5. The van der Waals surface area contributed by atoms with Gasteiger partial charge in [-0.3, -0.25) is 9.59 Å². The number of carbonyl (C=O) groups is 2. The van der Waals surface area contributed by atoms with Gasteiger partial charge in [0.15, 0.2) is 5.82 Å². The van der Waals surface area contributed by atoms with E-state index in [1.807, 2.05) is 30.3 Å². The minimum Gasteiger partial charge on any atom is -0.380 e. The molecule has 2 aliphatic rings. The van der Waals surface area contributed by atoms with Gasteiger partial charge in [0.25, 0.3) is 5.91 Å². The molecular weight excluding hydrogens is 344 g/mol. The van der Waals surface area contributed by atoms with Crippen LogP contribution in [0.1, 0.15) is 22.8 Å². The molecule has 27 heavy (non-hydrogen) atoms. The molecule has 4 rings (SSSR count). The van der Waals surface area contributed by atoms with Crippen LogP contribution in [0.4, 0.5) is 11.5 Å². The van der Waals surface area contributed by atoms with Gasteiger partial charge in [-0.1, -0.05) is 37.3 Å². The van der Waals surface area contributed by atoms with Crippen molar-refractivity contribution in [2.24, 2.45) is 5.41 Å². The Kier molecular flexibility index (Phi) is 4.53. The van der Waals surface area contributed by atoms with E-state index in [1.165, 1.54) is 6.20 Å². The van der Waals surface area contributed by atoms with Crippen molar-refractivity contribution < 1.29 is 14.3 Å². The molecule has 1 aromatic heterocycles. The van der Waals surface area contributed by atoms with E-state index in [0.29, 0.717) is 43.4 Å². The summed E-state index contributed by atoms with van der Waals surface area (Å²) in [6, 6.07) is 11.5. The molecule has 1 aromatic carbocycles. The molecule has 0 spiro atoms. The summed E-state index contributed by atoms with van der Waals surface area (Å²) in [5.74, 6) is 0.363. The second kappa shape index (κ2) is 7.00. The predicted octanol–water partition coefficient (Wildman–Crippen LogP) is 1.81. The lowest BCUT2D eigenvalue weighted by Gasteiger charge is -2.38. The predicted molar refractivity (Wildman–Crippen MR) is 102 cm³/mol. The van der Waals surface area contributed by atoms with E-state index in [4.69, 9.17) is 4.74 Å². The van der Waals surface area contributed by atoms with Crippen molar-refractivity contribution in [2.75, 3.05) is 36.5 Å². The fourth-order valence-electron chi connectivity index (χ4n) is 3.20. The maximum absolute atomic E-state index is 12.5. The highest BCUT2D eigenvalue weighted by Crippen LogP contribution is 2.30. The highest BCUT2D eigenvalue weighted by molar-refractivity contribution is 6.04. The number of ether oxygens (including phenoxy) is 1. The molecule has 3 heterocycles. The van der Waals surface area contributed by atoms with E-state index >= 15 is 0 Å². The van der Waals surface area contributed by atoms with Gasteiger partial charge < -0.3 is 20.3 Å². The monoisotopic (exact) mass is 366 g/mol. The molecule has 1 fully saturated rings. The number of hydrogen-bond acceptors (Lipinski definition) is 5. The molecule has 2 aliphatic heterocycles. The van der Waals surface area contributed by atoms with E-state index in [9.17, 15) is 9.59 Å². The molecule has 0 unspecified atom stereocenters. The Bertz CT molecular complexity index is 865. The highest BCUT2D eigenvalue weighted by Gasteiger charge is 2.34. The minimum absolute atomic E-state index is 0.00579. The Morgan fingerprint density at radius 1 is 1.33 bits per heavy atom. The first-order valence-electron chi connectivity index (χ1n) is 8.98. The molecule has 2 aromatic rings. The van der Waals surface area contributed by atoms with E-state index in [-0.39, 0.29) is 23.8 Å². The van der Waals surface area contributed by atoms with Gasteiger partial charge in [0.2, 0.25) is 5.91 Å². The number of fused-ring (bicyclic) bond motifs is 1. The quantitative estimate of drug-likeness (QED) is 0.843. The molecule has 1 saturated heterocycles. The van der Waals surface area contributed by atoms with Crippen LogP contribution in [0.3, 0.4) is 0 Å². The van der Waals surface area contributed by atoms with Crippen LogP contribution in [0.25, 0.3) is 0 Å². The van der Waals surface area contributed by atoms with E-state index in [1.54, 1.807) is 11.0 Å². The molecule has 140 valence electrons. The third-order valence-corrected chi connectivity index (χ3v) is 4.89. The second-order valence-corrected chi connectivity index (χ2v) is 7.40. The second-order valence-electron chi connectivity index (χ2n) is 7.40. The average Bonchev–Trinajstić information content (AvgIpc) is 2.67. The van der Waals surface area contributed by atoms with Crippen LogP contribution in [0.15, 0.2) is 42.6 Å². The number of aromatic nitrogens is 1. The van der Waals surface area contributed by atoms with Gasteiger partial charge >= 0.3 is 0 Å². The molecule has 7 heteroatoms. The van der Waals surface area contributed by atoms with Gasteiger partial charge in [-0.25, -0.2) is 4.98 Å². The van der Waals surface area contributed by atoms with Crippen LogP contribution in [-0.4, -0.2) is 43.1 Å². The van der Waals surface area contributed by atoms with E-state index in [2.05, 4.69) is 22.5 Å². The molecule has 2 amide bonds. The van der Waals surface area contributed by atoms with Crippen molar-refractivity contribution >= 4 is 23.3 Å². The third-order valence-electron chi connectivity index (χ3n) is 4.89. The summed E-state index contributed by atoms with van der Waals surface area (Å²) >= 11 is 0. The molecule has 0 aliphatic carbocycles. The van der Waals surface area contributed by atoms with Crippen molar-refractivity contribution in [1.82, 2.24) is 10.3 Å². The summed E-state index contributed by atoms with van der Waals surface area (Å²) in [5.41, 5.74) is 2.08. The van der Waals surface area contributed by atoms with Gasteiger partial charge in [0.1, 0.15) is 0 Å². The van der Waals surface area contributed by atoms with Crippen LogP contribution in [-0.2, 0) is 16.1 Å². The van der Waals surface area contributed by atoms with Crippen LogP contribution in [0.2, 0.25) is 0 Å². The maximum atomic E-state index is 12.5. The van der Waals surface area contributed by atoms with Crippen LogP contribution >= 0.6 is 0 Å². The Hall–Kier alpha value is -2.93. The first-order chi connectivity index (χ1) is 13.0. The summed E-state index contributed by atoms with van der Waals surface area (Å²) in [4.78, 5) is 31.0. The molecule has 0 saturated carbocycles. The Morgan fingerprint density at radius 2 is 2.11 bits per heavy atom. The van der Waals surface area contributed by atoms with Crippen LogP contribution in [0, 0.1) is 5.41 Å². The fraction of sp³-hybridized carbons (Fsp3) is 0.350. The molecule has 0 bridgehead atoms. The van der Waals surface area contributed by atoms with E-state index < -0.39 is 0 Å². The zero-order valence-corrected chi connectivity index (χ0v) is 15.2. The number of carbonyl (C=O) groups excluding carboxylic acids is 2. The molecule has 0 atom stereocenters. The number of nitrogens with one attached hydrogen (secondary N) is 2. The van der Waals surface area contributed by atoms with Crippen LogP contribution < -0.4 is 15.5 Å². The molecular formula is C20H22N4O3. The van der Waals surface area contributed by atoms with E-state index in [0.717, 1.165) is 5.56 Å². The highest BCUT2D eigenvalue weighted by atomic mass is 16.5. The maximum Gasteiger partial charge on any atom is 0.252 e. The number of pyridine rings is 1. The first-order valence-corrected chi connectivity index (χ1v) is 8.98. The number of amides is 2. The van der Waals surface area contributed by atoms with Crippen molar-refractivity contribution in [3.8, 4) is 0 Å². The minimum atomic E-state index is -0.198. The lowest BCUT2D eigenvalue weighted by atomic mass is 9.89. The SMILES string of the molecule is CC1(CNC(=O)c2cnc3c(c2)N(Cc2ccccc2)C(=O)CN3)COC1. The van der Waals surface area contributed by atoms with Gasteiger partial charge in [0.05, 0.1) is 37.6 Å². The average molecular weight is 366 g/mol. The largest absolute Gasteiger partial charge is 0.380 e. The van der Waals surface area contributed by atoms with Crippen LogP contribution in [0.5, 0.6) is 0 Å². The Balaban J connectivity index is 1.55. The molecule has 2 N–H and O–H groups in total. The van der Waals surface area contributed by atoms with Gasteiger partial charge in [-0.05, 0) is 11.6 Å². The Morgan fingerprint density at radius 3 is 2.81 bits per heavy atom. The fourth-order valence-corrected chi connectivity index (χ4v) is 3.20. The summed E-state index contributed by atoms with van der Waals surface area (Å²) < 4.78 is 5.22. The van der Waals surface area contributed by atoms with Crippen molar-refractivity contribution in [1.29, 1.82) is 0 Å².